The van der Waals surface area contributed by atoms with Crippen LogP contribution in [0.4, 0.5) is 4.79 Å². The van der Waals surface area contributed by atoms with Gasteiger partial charge in [0.15, 0.2) is 0 Å². The Labute approximate surface area is 144 Å². The summed E-state index contributed by atoms with van der Waals surface area (Å²) < 4.78 is 4.87. The molecule has 1 heterocycles. The first-order chi connectivity index (χ1) is 10.9. The average molecular weight is 355 g/mol. The lowest BCUT2D eigenvalue weighted by Crippen LogP contribution is -2.48. The smallest absolute Gasteiger partial charge is 0.337 e. The third-order valence-corrected chi connectivity index (χ3v) is 4.26. The molecule has 0 aliphatic carbocycles. The molecule has 7 heteroatoms. The van der Waals surface area contributed by atoms with Crippen molar-refractivity contribution in [3.05, 3.63) is 57.7 Å². The molecule has 2 rings (SSSR count). The summed E-state index contributed by atoms with van der Waals surface area (Å²) in [4.78, 5) is 26.0. The number of rotatable bonds is 4. The fourth-order valence-electron chi connectivity index (χ4n) is 2.51. The second-order valence-electron chi connectivity index (χ2n) is 4.91. The van der Waals surface area contributed by atoms with Crippen LogP contribution >= 0.6 is 23.2 Å². The number of benzene rings is 1. The van der Waals surface area contributed by atoms with E-state index >= 15 is 0 Å². The first kappa shape index (κ1) is 17.4. The van der Waals surface area contributed by atoms with Crippen molar-refractivity contribution >= 4 is 35.2 Å². The molecule has 0 aromatic heterocycles. The molecule has 1 N–H and O–H groups in total. The minimum Gasteiger partial charge on any atom is -0.466 e. The van der Waals surface area contributed by atoms with Crippen LogP contribution in [-0.4, -0.2) is 30.6 Å². The van der Waals surface area contributed by atoms with Gasteiger partial charge in [-0.2, -0.15) is 0 Å². The number of nitrogens with one attached hydrogen (secondary N) is 1. The van der Waals surface area contributed by atoms with Gasteiger partial charge in [0.2, 0.25) is 0 Å². The van der Waals surface area contributed by atoms with Gasteiger partial charge in [0.1, 0.15) is 0 Å². The van der Waals surface area contributed by atoms with E-state index in [1.54, 1.807) is 31.2 Å². The number of halogens is 2. The number of allylic oxidation sites excluding steroid dienone is 1. The van der Waals surface area contributed by atoms with Crippen LogP contribution in [0.2, 0.25) is 10.0 Å². The molecule has 1 atom stereocenters. The maximum absolute atomic E-state index is 12.4. The van der Waals surface area contributed by atoms with Crippen molar-refractivity contribution in [3.8, 4) is 0 Å². The van der Waals surface area contributed by atoms with E-state index in [1.165, 1.54) is 12.0 Å². The molecule has 1 aliphatic heterocycles. The van der Waals surface area contributed by atoms with Gasteiger partial charge >= 0.3 is 12.0 Å². The number of carbonyl (C=O) groups excluding carboxylic acids is 2. The molecular weight excluding hydrogens is 339 g/mol. The third kappa shape index (κ3) is 3.21. The number of amides is 2. The molecule has 0 radical (unpaired) electrons. The highest BCUT2D eigenvalue weighted by molar-refractivity contribution is 6.36. The zero-order valence-electron chi connectivity index (χ0n) is 12.7. The molecule has 1 aromatic rings. The minimum absolute atomic E-state index is 0.265. The highest BCUT2D eigenvalue weighted by Gasteiger charge is 2.37. The minimum atomic E-state index is -0.780. The average Bonchev–Trinajstić information content (AvgIpc) is 2.50. The van der Waals surface area contributed by atoms with Crippen molar-refractivity contribution in [1.82, 2.24) is 10.2 Å². The Morgan fingerprint density at radius 2 is 2.04 bits per heavy atom. The number of methoxy groups -OCH3 is 1. The number of ether oxygens (including phenoxy) is 1. The SMILES string of the molecule is C=CCN1C(=O)NC(c2c(Cl)cccc2Cl)C(C(=O)OC)=C1C. The number of esters is 1. The maximum Gasteiger partial charge on any atom is 0.337 e. The first-order valence-corrected chi connectivity index (χ1v) is 7.59. The van der Waals surface area contributed by atoms with Gasteiger partial charge in [0.05, 0.1) is 18.7 Å². The van der Waals surface area contributed by atoms with E-state index in [9.17, 15) is 9.59 Å². The first-order valence-electron chi connectivity index (χ1n) is 6.84. The number of urea groups is 1. The molecule has 23 heavy (non-hydrogen) atoms. The van der Waals surface area contributed by atoms with Gasteiger partial charge in [0, 0.05) is 27.9 Å². The van der Waals surface area contributed by atoms with Gasteiger partial charge in [-0.05, 0) is 19.1 Å². The second-order valence-corrected chi connectivity index (χ2v) is 5.72. The van der Waals surface area contributed by atoms with Gasteiger partial charge < -0.3 is 10.1 Å². The van der Waals surface area contributed by atoms with Crippen molar-refractivity contribution in [3.63, 3.8) is 0 Å². The summed E-state index contributed by atoms with van der Waals surface area (Å²) in [7, 11) is 1.28. The third-order valence-electron chi connectivity index (χ3n) is 3.60. The van der Waals surface area contributed by atoms with E-state index in [-0.39, 0.29) is 18.1 Å². The molecule has 2 amide bonds. The summed E-state index contributed by atoms with van der Waals surface area (Å²) >= 11 is 12.5. The van der Waals surface area contributed by atoms with Crippen LogP contribution < -0.4 is 5.32 Å². The predicted molar refractivity (Wildman–Crippen MR) is 89.4 cm³/mol. The van der Waals surface area contributed by atoms with Gasteiger partial charge in [-0.15, -0.1) is 6.58 Å². The second kappa shape index (κ2) is 7.06. The Bertz CT molecular complexity index is 680. The lowest BCUT2D eigenvalue weighted by atomic mass is 9.94. The van der Waals surface area contributed by atoms with Gasteiger partial charge in [-0.25, -0.2) is 9.59 Å². The fraction of sp³-hybridized carbons (Fsp3) is 0.250. The number of nitrogens with zero attached hydrogens (tertiary/aromatic N) is 1. The highest BCUT2D eigenvalue weighted by Crippen LogP contribution is 2.38. The van der Waals surface area contributed by atoms with Crippen molar-refractivity contribution in [1.29, 1.82) is 0 Å². The molecule has 0 saturated carbocycles. The van der Waals surface area contributed by atoms with Gasteiger partial charge in [0.25, 0.3) is 0 Å². The largest absolute Gasteiger partial charge is 0.466 e. The maximum atomic E-state index is 12.4. The number of carbonyl (C=O) groups is 2. The molecule has 1 unspecified atom stereocenters. The molecule has 0 fully saturated rings. The summed E-state index contributed by atoms with van der Waals surface area (Å²) in [6.45, 7) is 5.55. The van der Waals surface area contributed by atoms with Gasteiger partial charge in [-0.3, -0.25) is 4.90 Å². The summed E-state index contributed by atoms with van der Waals surface area (Å²) in [6, 6.07) is 3.84. The van der Waals surface area contributed by atoms with E-state index in [4.69, 9.17) is 27.9 Å². The van der Waals surface area contributed by atoms with E-state index in [0.717, 1.165) is 0 Å². The van der Waals surface area contributed by atoms with Crippen LogP contribution in [0.3, 0.4) is 0 Å². The zero-order valence-corrected chi connectivity index (χ0v) is 14.2. The van der Waals surface area contributed by atoms with Crippen LogP contribution in [0, 0.1) is 0 Å². The summed E-state index contributed by atoms with van der Waals surface area (Å²) in [6.07, 6.45) is 1.57. The lowest BCUT2D eigenvalue weighted by Gasteiger charge is -2.35. The molecule has 5 nitrogen and oxygen atoms in total. The molecule has 1 aromatic carbocycles. The fourth-order valence-corrected chi connectivity index (χ4v) is 3.12. The van der Waals surface area contributed by atoms with E-state index in [0.29, 0.717) is 21.3 Å². The van der Waals surface area contributed by atoms with Gasteiger partial charge in [-0.1, -0.05) is 35.3 Å². The Kier molecular flexibility index (Phi) is 5.34. The van der Waals surface area contributed by atoms with Crippen LogP contribution in [-0.2, 0) is 9.53 Å². The number of hydrogen-bond donors (Lipinski definition) is 1. The molecule has 0 saturated heterocycles. The van der Waals surface area contributed by atoms with Crippen molar-refractivity contribution < 1.29 is 14.3 Å². The zero-order chi connectivity index (χ0) is 17.1. The van der Waals surface area contributed by atoms with Crippen molar-refractivity contribution in [2.75, 3.05) is 13.7 Å². The summed E-state index contributed by atoms with van der Waals surface area (Å²) in [5, 5.41) is 3.47. The normalized spacial score (nSPS) is 17.8. The number of hydrogen-bond acceptors (Lipinski definition) is 3. The van der Waals surface area contributed by atoms with Crippen molar-refractivity contribution in [2.24, 2.45) is 0 Å². The molecule has 122 valence electrons. The van der Waals surface area contributed by atoms with E-state index in [2.05, 4.69) is 11.9 Å². The van der Waals surface area contributed by atoms with Crippen LogP contribution in [0.25, 0.3) is 0 Å². The van der Waals surface area contributed by atoms with E-state index in [1.807, 2.05) is 0 Å². The van der Waals surface area contributed by atoms with Crippen LogP contribution in [0.5, 0.6) is 0 Å². The molecule has 0 bridgehead atoms. The lowest BCUT2D eigenvalue weighted by molar-refractivity contribution is -0.136. The Morgan fingerprint density at radius 3 is 2.57 bits per heavy atom. The Balaban J connectivity index is 2.65. The Morgan fingerprint density at radius 1 is 1.43 bits per heavy atom. The van der Waals surface area contributed by atoms with Crippen LogP contribution in [0.15, 0.2) is 42.1 Å². The van der Waals surface area contributed by atoms with Crippen molar-refractivity contribution in [2.45, 2.75) is 13.0 Å². The van der Waals surface area contributed by atoms with E-state index < -0.39 is 12.0 Å². The molecule has 0 spiro atoms. The molecular formula is C16H16Cl2N2O3. The summed E-state index contributed by atoms with van der Waals surface area (Å²) in [5.74, 6) is -0.558. The Hall–Kier alpha value is -1.98. The quantitative estimate of drug-likeness (QED) is 0.662. The highest BCUT2D eigenvalue weighted by atomic mass is 35.5. The van der Waals surface area contributed by atoms with Crippen LogP contribution in [0.1, 0.15) is 18.5 Å². The summed E-state index contributed by atoms with van der Waals surface area (Å²) in [5.41, 5.74) is 1.22. The standard InChI is InChI=1S/C16H16Cl2N2O3/c1-4-8-20-9(2)12(15(21)23-3)14(19-16(20)22)13-10(17)6-5-7-11(13)18/h4-7,14H,1,8H2,2-3H3,(H,19,22). The monoisotopic (exact) mass is 354 g/mol. The predicted octanol–water partition coefficient (Wildman–Crippen LogP) is 3.69. The molecule has 1 aliphatic rings. The topological polar surface area (TPSA) is 58.6 Å².